The van der Waals surface area contributed by atoms with Crippen LogP contribution in [-0.4, -0.2) is 30.3 Å². The van der Waals surface area contributed by atoms with Crippen molar-refractivity contribution in [1.82, 2.24) is 14.3 Å². The van der Waals surface area contributed by atoms with Crippen LogP contribution in [0.25, 0.3) is 6.08 Å². The topological polar surface area (TPSA) is 93.1 Å². The van der Waals surface area contributed by atoms with Crippen molar-refractivity contribution in [2.24, 2.45) is 0 Å². The number of nitrogens with zero attached hydrogens (tertiary/aromatic N) is 2. The standard InChI is InChI=1S/C20H24N4O3S2/c1-29(26,27)13-24-10-9-21-18(24)8-11-28-23-20(25)22-19-16-6-2-4-14(16)12-15-5-3-7-17(15)19/h8-12H,2-7,13H2,1H3,(H2,22,23,25)/b11-8+. The van der Waals surface area contributed by atoms with Crippen LogP contribution in [0.3, 0.4) is 0 Å². The third-order valence-electron chi connectivity index (χ3n) is 5.27. The van der Waals surface area contributed by atoms with Crippen LogP contribution in [0.4, 0.5) is 10.5 Å². The summed E-state index contributed by atoms with van der Waals surface area (Å²) in [6, 6.07) is 2.08. The third kappa shape index (κ3) is 4.67. The first-order valence-corrected chi connectivity index (χ1v) is 12.6. The number of amides is 2. The van der Waals surface area contributed by atoms with Crippen molar-refractivity contribution < 1.29 is 13.2 Å². The molecular formula is C20H24N4O3S2. The molecule has 154 valence electrons. The van der Waals surface area contributed by atoms with Crippen LogP contribution in [0.15, 0.2) is 23.9 Å². The maximum Gasteiger partial charge on any atom is 0.329 e. The molecule has 0 saturated heterocycles. The number of aryl methyl sites for hydroxylation is 2. The number of fused-ring (bicyclic) bond motifs is 2. The molecule has 2 aromatic rings. The highest BCUT2D eigenvalue weighted by atomic mass is 32.2. The van der Waals surface area contributed by atoms with E-state index in [9.17, 15) is 13.2 Å². The first-order chi connectivity index (χ1) is 13.9. The fourth-order valence-corrected chi connectivity index (χ4v) is 5.27. The molecule has 0 atom stereocenters. The molecule has 2 aliphatic rings. The molecule has 4 rings (SSSR count). The van der Waals surface area contributed by atoms with Crippen molar-refractivity contribution in [2.75, 3.05) is 11.6 Å². The maximum atomic E-state index is 12.5. The predicted molar refractivity (Wildman–Crippen MR) is 116 cm³/mol. The van der Waals surface area contributed by atoms with Crippen LogP contribution in [0.5, 0.6) is 0 Å². The number of hydrogen-bond donors (Lipinski definition) is 2. The third-order valence-corrected chi connectivity index (χ3v) is 6.59. The Morgan fingerprint density at radius 1 is 1.21 bits per heavy atom. The summed E-state index contributed by atoms with van der Waals surface area (Å²) < 4.78 is 27.2. The van der Waals surface area contributed by atoms with E-state index in [1.54, 1.807) is 28.4 Å². The lowest BCUT2D eigenvalue weighted by atomic mass is 9.99. The summed E-state index contributed by atoms with van der Waals surface area (Å²) >= 11 is 1.13. The normalized spacial score (nSPS) is 15.5. The van der Waals surface area contributed by atoms with Crippen molar-refractivity contribution in [1.29, 1.82) is 0 Å². The van der Waals surface area contributed by atoms with Crippen molar-refractivity contribution in [3.63, 3.8) is 0 Å². The average Bonchev–Trinajstić information content (AvgIpc) is 3.38. The van der Waals surface area contributed by atoms with E-state index in [0.717, 1.165) is 56.2 Å². The molecule has 1 heterocycles. The van der Waals surface area contributed by atoms with Gasteiger partial charge in [0, 0.05) is 24.3 Å². The van der Waals surface area contributed by atoms with Gasteiger partial charge in [-0.15, -0.1) is 0 Å². The number of carbonyl (C=O) groups is 1. The largest absolute Gasteiger partial charge is 0.329 e. The van der Waals surface area contributed by atoms with Crippen LogP contribution >= 0.6 is 11.9 Å². The van der Waals surface area contributed by atoms with Crippen LogP contribution in [0.1, 0.15) is 40.9 Å². The van der Waals surface area contributed by atoms with Gasteiger partial charge in [-0.05, 0) is 84.2 Å². The number of urea groups is 1. The summed E-state index contributed by atoms with van der Waals surface area (Å²) in [5.74, 6) is 0.388. The number of imidazole rings is 1. The minimum absolute atomic E-state index is 0.129. The Hall–Kier alpha value is -2.26. The Balaban J connectivity index is 1.38. The molecule has 0 saturated carbocycles. The number of benzene rings is 1. The fraction of sp³-hybridized carbons (Fsp3) is 0.400. The van der Waals surface area contributed by atoms with Gasteiger partial charge in [0.05, 0.1) is 0 Å². The second-order valence-corrected chi connectivity index (χ2v) is 10.3. The summed E-state index contributed by atoms with van der Waals surface area (Å²) in [4.78, 5) is 16.6. The molecule has 7 nitrogen and oxygen atoms in total. The highest BCUT2D eigenvalue weighted by molar-refractivity contribution is 8.00. The first-order valence-electron chi connectivity index (χ1n) is 9.65. The highest BCUT2D eigenvalue weighted by Gasteiger charge is 2.24. The molecule has 1 aromatic carbocycles. The minimum Gasteiger partial charge on any atom is -0.317 e. The van der Waals surface area contributed by atoms with E-state index in [2.05, 4.69) is 21.1 Å². The molecule has 9 heteroatoms. The molecule has 29 heavy (non-hydrogen) atoms. The van der Waals surface area contributed by atoms with Crippen LogP contribution in [0, 0.1) is 0 Å². The summed E-state index contributed by atoms with van der Waals surface area (Å²) in [5, 5.41) is 4.75. The molecule has 2 amide bonds. The summed E-state index contributed by atoms with van der Waals surface area (Å²) in [7, 11) is -3.16. The summed E-state index contributed by atoms with van der Waals surface area (Å²) in [5.41, 5.74) is 6.36. The average molecular weight is 433 g/mol. The van der Waals surface area contributed by atoms with E-state index >= 15 is 0 Å². The minimum atomic E-state index is -3.16. The van der Waals surface area contributed by atoms with Gasteiger partial charge in [-0.25, -0.2) is 18.2 Å². The lowest BCUT2D eigenvalue weighted by Crippen LogP contribution is -2.24. The summed E-state index contributed by atoms with van der Waals surface area (Å²) in [6.45, 7) is 0. The van der Waals surface area contributed by atoms with E-state index in [4.69, 9.17) is 0 Å². The van der Waals surface area contributed by atoms with Crippen LogP contribution in [0.2, 0.25) is 0 Å². The first kappa shape index (κ1) is 20.0. The maximum absolute atomic E-state index is 12.5. The zero-order valence-corrected chi connectivity index (χ0v) is 17.9. The van der Waals surface area contributed by atoms with E-state index < -0.39 is 9.84 Å². The molecule has 0 aliphatic heterocycles. The van der Waals surface area contributed by atoms with Gasteiger partial charge in [0.1, 0.15) is 11.7 Å². The predicted octanol–water partition coefficient (Wildman–Crippen LogP) is 3.30. The van der Waals surface area contributed by atoms with E-state index in [1.807, 2.05) is 0 Å². The van der Waals surface area contributed by atoms with Gasteiger partial charge < -0.3 is 9.88 Å². The van der Waals surface area contributed by atoms with Gasteiger partial charge >= 0.3 is 6.03 Å². The highest BCUT2D eigenvalue weighted by Crippen LogP contribution is 2.38. The number of nitrogens with one attached hydrogen (secondary N) is 2. The monoisotopic (exact) mass is 432 g/mol. The molecular weight excluding hydrogens is 408 g/mol. The number of anilines is 1. The number of hydrogen-bond acceptors (Lipinski definition) is 5. The van der Waals surface area contributed by atoms with Crippen molar-refractivity contribution >= 4 is 39.6 Å². The molecule has 2 aliphatic carbocycles. The Bertz CT molecular complexity index is 1040. The van der Waals surface area contributed by atoms with Gasteiger partial charge in [-0.2, -0.15) is 0 Å². The second-order valence-electron chi connectivity index (χ2n) is 7.52. The van der Waals surface area contributed by atoms with Crippen molar-refractivity contribution in [3.05, 3.63) is 51.9 Å². The van der Waals surface area contributed by atoms with Crippen LogP contribution in [-0.2, 0) is 41.4 Å². The molecule has 2 N–H and O–H groups in total. The van der Waals surface area contributed by atoms with E-state index in [1.165, 1.54) is 28.5 Å². The van der Waals surface area contributed by atoms with Gasteiger partial charge in [-0.1, -0.05) is 6.07 Å². The molecule has 0 fully saturated rings. The number of carbonyl (C=O) groups excluding carboxylic acids is 1. The Kier molecular flexibility index (Phi) is 5.69. The Labute approximate surface area is 175 Å². The Morgan fingerprint density at radius 2 is 1.90 bits per heavy atom. The molecule has 1 aromatic heterocycles. The Morgan fingerprint density at radius 3 is 2.55 bits per heavy atom. The SMILES string of the molecule is CS(=O)(=O)Cn1ccnc1/C=C/SNC(=O)Nc1c2c(cc3c1CCC3)CCC2. The van der Waals surface area contributed by atoms with Gasteiger partial charge in [0.15, 0.2) is 9.84 Å². The molecule has 0 unspecified atom stereocenters. The zero-order valence-electron chi connectivity index (χ0n) is 16.3. The molecule has 0 spiro atoms. The number of aromatic nitrogens is 2. The lowest BCUT2D eigenvalue weighted by Gasteiger charge is -2.16. The molecule has 0 bridgehead atoms. The van der Waals surface area contributed by atoms with Crippen molar-refractivity contribution in [2.45, 2.75) is 44.4 Å². The smallest absolute Gasteiger partial charge is 0.317 e. The van der Waals surface area contributed by atoms with E-state index in [-0.39, 0.29) is 11.9 Å². The zero-order chi connectivity index (χ0) is 20.4. The molecule has 0 radical (unpaired) electrons. The van der Waals surface area contributed by atoms with Gasteiger partial charge in [0.25, 0.3) is 0 Å². The van der Waals surface area contributed by atoms with Crippen molar-refractivity contribution in [3.8, 4) is 0 Å². The fourth-order valence-electron chi connectivity index (χ4n) is 4.13. The van der Waals surface area contributed by atoms with Crippen LogP contribution < -0.4 is 10.0 Å². The van der Waals surface area contributed by atoms with Gasteiger partial charge in [0.2, 0.25) is 0 Å². The quantitative estimate of drug-likeness (QED) is 0.683. The van der Waals surface area contributed by atoms with E-state index in [0.29, 0.717) is 5.82 Å². The number of sulfone groups is 1. The lowest BCUT2D eigenvalue weighted by molar-refractivity contribution is 0.257. The van der Waals surface area contributed by atoms with Gasteiger partial charge in [-0.3, -0.25) is 4.72 Å². The second kappa shape index (κ2) is 8.23. The number of rotatable bonds is 6. The summed E-state index contributed by atoms with van der Waals surface area (Å²) in [6.07, 6.45) is 12.5.